The molecule has 8 aromatic rings. The van der Waals surface area contributed by atoms with Gasteiger partial charge in [-0.25, -0.2) is 19.4 Å². The SMILES string of the molecule is C.C.Cl.Nc1ccc2c(c1)CCn1c-2cc(OC[C@@H]2COCCO2)nc1=O.O=c1nc(OC[C@@H]2COCCO2)cc2n1CCc1cc(N=C(c3ccccc3)c3ccccc3)ccc1-2.O=c1nc(OC[C@@H]2COCCO2)cc2n1CCc1cc(OS(=O)(=O)C(F)(F)F)ccc1-2. The molecular weight excluding hydrogens is 1280 g/mol. The van der Waals surface area contributed by atoms with Crippen LogP contribution in [0.2, 0.25) is 0 Å². The van der Waals surface area contributed by atoms with Gasteiger partial charge in [0.25, 0.3) is 0 Å². The molecule has 0 spiro atoms. The molecular formula is C67H72ClF3N8O15S. The monoisotopic (exact) mass is 1350 g/mol. The molecule has 95 heavy (non-hydrogen) atoms. The van der Waals surface area contributed by atoms with Gasteiger partial charge in [0.1, 0.15) is 43.9 Å². The molecule has 28 heteroatoms. The van der Waals surface area contributed by atoms with Crippen LogP contribution < -0.4 is 41.2 Å². The molecule has 0 aliphatic carbocycles. The molecule has 9 heterocycles. The third-order valence-electron chi connectivity index (χ3n) is 15.6. The van der Waals surface area contributed by atoms with Crippen molar-refractivity contribution in [2.24, 2.45) is 4.99 Å². The fraction of sp³-hybridized carbons (Fsp3) is 0.358. The maximum atomic E-state index is 12.8. The molecule has 3 fully saturated rings. The lowest BCUT2D eigenvalue weighted by Crippen LogP contribution is -2.34. The fourth-order valence-corrected chi connectivity index (χ4v) is 11.6. The number of aryl methyl sites for hydroxylation is 3. The van der Waals surface area contributed by atoms with Gasteiger partial charge in [-0.05, 0) is 78.4 Å². The molecule has 5 aromatic carbocycles. The Morgan fingerprint density at radius 1 is 0.526 bits per heavy atom. The third-order valence-corrected chi connectivity index (χ3v) is 16.6. The van der Waals surface area contributed by atoms with Gasteiger partial charge in [0.15, 0.2) is 0 Å². The Morgan fingerprint density at radius 2 is 0.916 bits per heavy atom. The summed E-state index contributed by atoms with van der Waals surface area (Å²) in [7, 11) is -5.78. The summed E-state index contributed by atoms with van der Waals surface area (Å²) in [5.41, 5.74) is 11.2. The van der Waals surface area contributed by atoms with Gasteiger partial charge in [-0.2, -0.15) is 36.5 Å². The number of alkyl halides is 3. The van der Waals surface area contributed by atoms with Gasteiger partial charge < -0.3 is 52.5 Å². The van der Waals surface area contributed by atoms with Crippen molar-refractivity contribution in [1.82, 2.24) is 28.7 Å². The maximum absolute atomic E-state index is 12.8. The first kappa shape index (κ1) is 70.5. The standard InChI is InChI=1S/C30H27N3O4.C18H17F3N2O7S.C17H19N3O4.2CH4.ClH/c34-30-32-28(37-20-25-19-35-15-16-36-25)18-27-26-12-11-24(17-23(26)13-14-33(27)30)31-29(21-7-3-1-4-8-21)22-9-5-2-6-10-22;19-18(20,21)31(25,26)30-12-1-2-14-11(7-12)3-4-23-15(14)8-16(22-17(23)24)29-10-13-9-27-5-6-28-13;18-12-1-2-14-11(7-12)3-4-20-15(14)8-16(19-17(20)21)24-10-13-9-22-5-6-23-13;;;/h1-12,17-18,25H,13-16,19-20H2;1-2,7-8,13H,3-6,9-10H2;1-2,7-8,13H,3-6,9-10,18H2;2*1H4;1H/t25-;2*13-;;;/m000.../s1. The Morgan fingerprint density at radius 3 is 1.32 bits per heavy atom. The van der Waals surface area contributed by atoms with E-state index >= 15 is 0 Å². The molecule has 504 valence electrons. The molecule has 0 unspecified atom stereocenters. The second kappa shape index (κ2) is 31.6. The zero-order valence-electron chi connectivity index (χ0n) is 49.9. The van der Waals surface area contributed by atoms with Crippen molar-refractivity contribution >= 4 is 39.6 Å². The number of hydrogen-bond acceptors (Lipinski definition) is 20. The van der Waals surface area contributed by atoms with E-state index in [1.807, 2.05) is 72.8 Å². The van der Waals surface area contributed by atoms with E-state index in [2.05, 4.69) is 49.5 Å². The highest BCUT2D eigenvalue weighted by Gasteiger charge is 2.48. The van der Waals surface area contributed by atoms with Crippen molar-refractivity contribution in [3.05, 3.63) is 193 Å². The van der Waals surface area contributed by atoms with E-state index in [0.717, 1.165) is 80.8 Å². The van der Waals surface area contributed by atoms with Gasteiger partial charge in [-0.3, -0.25) is 13.7 Å². The number of anilines is 1. The van der Waals surface area contributed by atoms with E-state index in [0.29, 0.717) is 108 Å². The third kappa shape index (κ3) is 17.0. The van der Waals surface area contributed by atoms with Crippen molar-refractivity contribution in [3.63, 3.8) is 0 Å². The highest BCUT2D eigenvalue weighted by Crippen LogP contribution is 2.37. The number of nitrogen functional groups attached to an aromatic ring is 1. The number of benzene rings is 5. The number of halogens is 4. The summed E-state index contributed by atoms with van der Waals surface area (Å²) >= 11 is 0. The number of aromatic nitrogens is 6. The quantitative estimate of drug-likeness (QED) is 0.0463. The van der Waals surface area contributed by atoms with E-state index in [1.54, 1.807) is 15.2 Å². The van der Waals surface area contributed by atoms with E-state index in [-0.39, 0.29) is 89.0 Å². The predicted octanol–water partition coefficient (Wildman–Crippen LogP) is 8.46. The number of aliphatic imine (C=N–C) groups is 1. The van der Waals surface area contributed by atoms with Crippen LogP contribution in [0.1, 0.15) is 42.7 Å². The van der Waals surface area contributed by atoms with Crippen molar-refractivity contribution in [2.75, 3.05) is 85.0 Å². The largest absolute Gasteiger partial charge is 0.534 e. The molecule has 0 saturated carbocycles. The molecule has 23 nitrogen and oxygen atoms in total. The van der Waals surface area contributed by atoms with Crippen LogP contribution in [-0.4, -0.2) is 146 Å². The van der Waals surface area contributed by atoms with Gasteiger partial charge >= 0.3 is 32.7 Å². The summed E-state index contributed by atoms with van der Waals surface area (Å²) in [6, 6.07) is 41.2. The lowest BCUT2D eigenvalue weighted by molar-refractivity contribution is -0.102. The lowest BCUT2D eigenvalue weighted by atomic mass is 9.97. The number of fused-ring (bicyclic) bond motifs is 9. The maximum Gasteiger partial charge on any atom is 0.534 e. The first-order chi connectivity index (χ1) is 44.6. The van der Waals surface area contributed by atoms with E-state index in [1.165, 1.54) is 22.8 Å². The fourth-order valence-electron chi connectivity index (χ4n) is 11.2. The Kier molecular flexibility index (Phi) is 23.5. The summed E-state index contributed by atoms with van der Waals surface area (Å²) in [5, 5.41) is 0. The van der Waals surface area contributed by atoms with Crippen molar-refractivity contribution in [2.45, 2.75) is 77.6 Å². The number of nitrogens with zero attached hydrogens (tertiary/aromatic N) is 7. The highest BCUT2D eigenvalue weighted by atomic mass is 35.5. The van der Waals surface area contributed by atoms with Gasteiger partial charge in [-0.1, -0.05) is 87.6 Å². The van der Waals surface area contributed by atoms with E-state index in [4.69, 9.17) is 53.4 Å². The minimum absolute atomic E-state index is 0. The topological polar surface area (TPSA) is 269 Å². The molecule has 0 bridgehead atoms. The molecule has 3 atom stereocenters. The van der Waals surface area contributed by atoms with Crippen molar-refractivity contribution in [3.8, 4) is 57.2 Å². The van der Waals surface area contributed by atoms with E-state index in [9.17, 15) is 36.0 Å². The van der Waals surface area contributed by atoms with Gasteiger partial charge in [-0.15, -0.1) is 12.4 Å². The number of nitrogens with two attached hydrogens (primary N) is 1. The number of ether oxygens (including phenoxy) is 9. The zero-order valence-corrected chi connectivity index (χ0v) is 51.6. The molecule has 0 amide bonds. The average Bonchev–Trinajstić information content (AvgIpc) is 0.791. The Bertz CT molecular complexity index is 4250. The van der Waals surface area contributed by atoms with Crippen LogP contribution in [0.15, 0.2) is 153 Å². The Balaban J connectivity index is 0.000000168. The first-order valence-corrected chi connectivity index (χ1v) is 31.2. The Hall–Kier alpha value is -8.80. The predicted molar refractivity (Wildman–Crippen MR) is 350 cm³/mol. The van der Waals surface area contributed by atoms with Crippen LogP contribution in [-0.2, 0) is 77.4 Å². The van der Waals surface area contributed by atoms with Crippen LogP contribution in [0, 0.1) is 0 Å². The van der Waals surface area contributed by atoms with E-state index < -0.39 is 27.1 Å². The number of hydrogen-bond donors (Lipinski definition) is 1. The summed E-state index contributed by atoms with van der Waals surface area (Å²) < 4.78 is 119. The Labute approximate surface area is 551 Å². The van der Waals surface area contributed by atoms with Crippen LogP contribution in [0.5, 0.6) is 23.4 Å². The second-order valence-electron chi connectivity index (χ2n) is 21.9. The molecule has 3 saturated heterocycles. The number of rotatable bonds is 14. The van der Waals surface area contributed by atoms with Crippen molar-refractivity contribution < 1.29 is 68.4 Å². The average molecular weight is 1350 g/mol. The highest BCUT2D eigenvalue weighted by molar-refractivity contribution is 7.88. The van der Waals surface area contributed by atoms with Crippen molar-refractivity contribution in [1.29, 1.82) is 0 Å². The molecule has 2 N–H and O–H groups in total. The lowest BCUT2D eigenvalue weighted by Gasteiger charge is -2.24. The summed E-state index contributed by atoms with van der Waals surface area (Å²) in [6.45, 7) is 6.67. The molecule has 3 aromatic heterocycles. The van der Waals surface area contributed by atoms with Crippen LogP contribution in [0.3, 0.4) is 0 Å². The smallest absolute Gasteiger partial charge is 0.475 e. The second-order valence-corrected chi connectivity index (χ2v) is 23.4. The molecule has 6 aliphatic rings. The van der Waals surface area contributed by atoms with Gasteiger partial charge in [0, 0.05) is 71.3 Å². The summed E-state index contributed by atoms with van der Waals surface area (Å²) in [5.74, 6) is 0.214. The summed E-state index contributed by atoms with van der Waals surface area (Å²) in [6.07, 6.45) is 1.18. The molecule has 14 rings (SSSR count). The van der Waals surface area contributed by atoms with Gasteiger partial charge in [0.05, 0.1) is 87.9 Å². The zero-order chi connectivity index (χ0) is 63.8. The molecule has 0 radical (unpaired) electrons. The summed E-state index contributed by atoms with van der Waals surface area (Å²) in [4.78, 5) is 54.6. The molecule has 6 aliphatic heterocycles. The van der Waals surface area contributed by atoms with Crippen LogP contribution in [0.4, 0.5) is 24.5 Å². The van der Waals surface area contributed by atoms with Gasteiger partial charge in [0.2, 0.25) is 17.6 Å². The van der Waals surface area contributed by atoms with Crippen LogP contribution in [0.25, 0.3) is 33.8 Å². The first-order valence-electron chi connectivity index (χ1n) is 29.8. The van der Waals surface area contributed by atoms with Crippen LogP contribution >= 0.6 is 12.4 Å². The normalized spacial score (nSPS) is 17.4. The minimum Gasteiger partial charge on any atom is -0.475 e. The minimum atomic E-state index is -5.78.